The van der Waals surface area contributed by atoms with Gasteiger partial charge in [0, 0.05) is 11.2 Å². The molecule has 0 aromatic rings. The Hall–Kier alpha value is 0.600. The second-order valence-corrected chi connectivity index (χ2v) is 4.51. The van der Waals surface area contributed by atoms with Crippen LogP contribution in [-0.2, 0) is 4.79 Å². The summed E-state index contributed by atoms with van der Waals surface area (Å²) >= 11 is 5.42. The van der Waals surface area contributed by atoms with Gasteiger partial charge in [-0.3, -0.25) is 4.79 Å². The molecule has 2 atom stereocenters. The highest BCUT2D eigenvalue weighted by Gasteiger charge is 2.29. The van der Waals surface area contributed by atoms with Crippen LogP contribution in [0.25, 0.3) is 0 Å². The van der Waals surface area contributed by atoms with Gasteiger partial charge in [-0.25, -0.2) is 0 Å². The van der Waals surface area contributed by atoms with Crippen LogP contribution in [0.1, 0.15) is 25.7 Å². The minimum atomic E-state index is -0.220. The second-order valence-electron chi connectivity index (χ2n) is 2.82. The molecule has 0 spiro atoms. The minimum absolute atomic E-state index is 0.00656. The van der Waals surface area contributed by atoms with Crippen LogP contribution in [0.2, 0.25) is 0 Å². The Morgan fingerprint density at radius 2 is 2.00 bits per heavy atom. The molecule has 2 unspecified atom stereocenters. The average molecular weight is 213 g/mol. The summed E-state index contributed by atoms with van der Waals surface area (Å²) in [6.07, 6.45) is 4.21. The molecule has 0 heterocycles. The summed E-state index contributed by atoms with van der Waals surface area (Å²) in [4.78, 5) is 10.9. The van der Waals surface area contributed by atoms with Gasteiger partial charge in [0.25, 0.3) is 0 Å². The molecule has 64 valence electrons. The fourth-order valence-electron chi connectivity index (χ4n) is 1.46. The van der Waals surface area contributed by atoms with E-state index in [0.29, 0.717) is 0 Å². The van der Waals surface area contributed by atoms with E-state index in [1.54, 1.807) is 0 Å². The van der Waals surface area contributed by atoms with Crippen molar-refractivity contribution in [2.45, 2.75) is 30.9 Å². The molecule has 1 aliphatic carbocycles. The second kappa shape index (κ2) is 4.58. The van der Waals surface area contributed by atoms with Gasteiger partial charge >= 0.3 is 0 Å². The highest BCUT2D eigenvalue weighted by atomic mass is 35.7. The number of hydrogen-bond donors (Lipinski definition) is 0. The fourth-order valence-corrected chi connectivity index (χ4v) is 3.08. The molecule has 0 aromatic heterocycles. The summed E-state index contributed by atoms with van der Waals surface area (Å²) in [5.74, 6) is -0.00656. The molecule has 4 heteroatoms. The Kier molecular flexibility index (Phi) is 4.04. The van der Waals surface area contributed by atoms with E-state index in [2.05, 4.69) is 0 Å². The van der Waals surface area contributed by atoms with Crippen LogP contribution in [0.15, 0.2) is 0 Å². The summed E-state index contributed by atoms with van der Waals surface area (Å²) in [5, 5.41) is 0.0262. The predicted molar refractivity (Wildman–Crippen MR) is 50.1 cm³/mol. The van der Waals surface area contributed by atoms with E-state index < -0.39 is 0 Å². The topological polar surface area (TPSA) is 17.1 Å². The lowest BCUT2D eigenvalue weighted by Gasteiger charge is -2.25. The zero-order valence-corrected chi connectivity index (χ0v) is 8.38. The summed E-state index contributed by atoms with van der Waals surface area (Å²) in [5.41, 5.74) is 0. The Labute approximate surface area is 80.3 Å². The lowest BCUT2D eigenvalue weighted by Crippen LogP contribution is -2.25. The Morgan fingerprint density at radius 3 is 2.45 bits per heavy atom. The molecular formula is C7H10Cl2OS. The summed E-state index contributed by atoms with van der Waals surface area (Å²) in [6.45, 7) is 0. The van der Waals surface area contributed by atoms with Crippen molar-refractivity contribution < 1.29 is 4.79 Å². The predicted octanol–water partition coefficient (Wildman–Crippen LogP) is 3.20. The molecule has 11 heavy (non-hydrogen) atoms. The van der Waals surface area contributed by atoms with Gasteiger partial charge in [0.15, 0.2) is 0 Å². The Morgan fingerprint density at radius 1 is 1.36 bits per heavy atom. The van der Waals surface area contributed by atoms with Crippen molar-refractivity contribution in [3.05, 3.63) is 0 Å². The average Bonchev–Trinajstić information content (AvgIpc) is 2.04. The molecule has 1 nitrogen and oxygen atoms in total. The van der Waals surface area contributed by atoms with Crippen molar-refractivity contribution in [1.29, 1.82) is 0 Å². The van der Waals surface area contributed by atoms with Crippen LogP contribution >= 0.6 is 33.3 Å². The van der Waals surface area contributed by atoms with E-state index >= 15 is 0 Å². The van der Waals surface area contributed by atoms with Crippen molar-refractivity contribution in [3.63, 3.8) is 0 Å². The summed E-state index contributed by atoms with van der Waals surface area (Å²) in [7, 11) is 6.87. The minimum Gasteiger partial charge on any atom is -0.281 e. The molecule has 0 radical (unpaired) electrons. The van der Waals surface area contributed by atoms with Crippen LogP contribution in [-0.4, -0.2) is 10.5 Å². The zero-order chi connectivity index (χ0) is 8.27. The monoisotopic (exact) mass is 212 g/mol. The molecule has 1 fully saturated rings. The van der Waals surface area contributed by atoms with Crippen LogP contribution in [0, 0.1) is 5.92 Å². The first kappa shape index (κ1) is 9.69. The van der Waals surface area contributed by atoms with Gasteiger partial charge in [-0.1, -0.05) is 23.8 Å². The standard InChI is InChI=1S/C7H10Cl2OS/c8-7(10)5-3-1-2-4-6(5)11-9/h5-6H,1-4H2. The normalized spacial score (nSPS) is 31.8. The molecule has 1 aliphatic rings. The van der Waals surface area contributed by atoms with Gasteiger partial charge in [0.1, 0.15) is 0 Å². The maximum Gasteiger partial charge on any atom is 0.225 e. The van der Waals surface area contributed by atoms with Gasteiger partial charge in [-0.15, -0.1) is 0 Å². The van der Waals surface area contributed by atoms with E-state index in [-0.39, 0.29) is 16.4 Å². The molecule has 0 amide bonds. The molecular weight excluding hydrogens is 203 g/mol. The molecule has 0 aliphatic heterocycles. The number of carbonyl (C=O) groups is 1. The van der Waals surface area contributed by atoms with Crippen LogP contribution in [0.4, 0.5) is 0 Å². The van der Waals surface area contributed by atoms with Crippen LogP contribution in [0.5, 0.6) is 0 Å². The van der Waals surface area contributed by atoms with Crippen LogP contribution < -0.4 is 0 Å². The summed E-state index contributed by atoms with van der Waals surface area (Å²) in [6, 6.07) is 0. The highest BCUT2D eigenvalue weighted by Crippen LogP contribution is 2.36. The third kappa shape index (κ3) is 2.53. The molecule has 0 bridgehead atoms. The Bertz CT molecular complexity index is 151. The Balaban J connectivity index is 2.51. The van der Waals surface area contributed by atoms with Crippen molar-refractivity contribution >= 4 is 38.5 Å². The van der Waals surface area contributed by atoms with Gasteiger partial charge in [-0.2, -0.15) is 0 Å². The quantitative estimate of drug-likeness (QED) is 0.655. The first-order valence-corrected chi connectivity index (χ1v) is 5.81. The molecule has 1 rings (SSSR count). The largest absolute Gasteiger partial charge is 0.281 e. The third-order valence-electron chi connectivity index (χ3n) is 2.11. The van der Waals surface area contributed by atoms with Gasteiger partial charge in [-0.05, 0) is 35.1 Å². The molecule has 0 saturated heterocycles. The van der Waals surface area contributed by atoms with Crippen molar-refractivity contribution in [2.24, 2.45) is 5.92 Å². The van der Waals surface area contributed by atoms with E-state index in [9.17, 15) is 4.79 Å². The molecule has 1 saturated carbocycles. The van der Waals surface area contributed by atoms with Gasteiger partial charge in [0.05, 0.1) is 0 Å². The van der Waals surface area contributed by atoms with E-state index in [0.717, 1.165) is 19.3 Å². The first-order valence-electron chi connectivity index (χ1n) is 3.72. The van der Waals surface area contributed by atoms with Crippen molar-refractivity contribution in [3.8, 4) is 0 Å². The van der Waals surface area contributed by atoms with E-state index in [4.69, 9.17) is 22.3 Å². The third-order valence-corrected chi connectivity index (χ3v) is 3.87. The lowest BCUT2D eigenvalue weighted by molar-refractivity contribution is -0.115. The number of halogens is 2. The maximum atomic E-state index is 10.9. The van der Waals surface area contributed by atoms with Crippen molar-refractivity contribution in [1.82, 2.24) is 0 Å². The zero-order valence-electron chi connectivity index (χ0n) is 6.06. The van der Waals surface area contributed by atoms with E-state index in [1.807, 2.05) is 0 Å². The molecule has 0 aromatic carbocycles. The number of carbonyl (C=O) groups excluding carboxylic acids is 1. The van der Waals surface area contributed by atoms with E-state index in [1.165, 1.54) is 17.4 Å². The smallest absolute Gasteiger partial charge is 0.225 e. The SMILES string of the molecule is O=C(Cl)C1CCCCC1SCl. The highest BCUT2D eigenvalue weighted by molar-refractivity contribution is 8.21. The summed E-state index contributed by atoms with van der Waals surface area (Å²) < 4.78 is 0. The lowest BCUT2D eigenvalue weighted by atomic mass is 9.90. The fraction of sp³-hybridized carbons (Fsp3) is 0.857. The maximum absolute atomic E-state index is 10.9. The van der Waals surface area contributed by atoms with Crippen LogP contribution in [0.3, 0.4) is 0 Å². The molecule has 0 N–H and O–H groups in total. The first-order chi connectivity index (χ1) is 5.25. The van der Waals surface area contributed by atoms with Crippen molar-refractivity contribution in [2.75, 3.05) is 0 Å². The van der Waals surface area contributed by atoms with Gasteiger partial charge < -0.3 is 0 Å². The number of rotatable bonds is 2. The van der Waals surface area contributed by atoms with Gasteiger partial charge in [0.2, 0.25) is 5.24 Å². The number of hydrogen-bond acceptors (Lipinski definition) is 2.